The highest BCUT2D eigenvalue weighted by Crippen LogP contribution is 2.32. The minimum absolute atomic E-state index is 0.114. The lowest BCUT2D eigenvalue weighted by Gasteiger charge is -2.17. The van der Waals surface area contributed by atoms with Crippen LogP contribution in [0.1, 0.15) is 22.9 Å². The van der Waals surface area contributed by atoms with E-state index in [1.165, 1.54) is 4.68 Å². The quantitative estimate of drug-likeness (QED) is 0.513. The third-order valence-corrected chi connectivity index (χ3v) is 2.96. The van der Waals surface area contributed by atoms with Crippen LogP contribution in [0.25, 0.3) is 0 Å². The SMILES string of the molecule is Cn1cc(CC(NN)c2cc(C(F)(F)F)ccc2F)nn1. The number of aromatic nitrogens is 3. The van der Waals surface area contributed by atoms with E-state index in [1.54, 1.807) is 13.2 Å². The summed E-state index contributed by atoms with van der Waals surface area (Å²) >= 11 is 0. The molecule has 2 aromatic rings. The van der Waals surface area contributed by atoms with Gasteiger partial charge in [0, 0.05) is 25.2 Å². The number of nitrogens with two attached hydrogens (primary N) is 1. The molecule has 1 atom stereocenters. The van der Waals surface area contributed by atoms with Gasteiger partial charge in [-0.05, 0) is 18.2 Å². The molecule has 1 heterocycles. The molecule has 0 amide bonds. The Morgan fingerprint density at radius 2 is 2.10 bits per heavy atom. The molecule has 0 bridgehead atoms. The zero-order valence-electron chi connectivity index (χ0n) is 11.0. The van der Waals surface area contributed by atoms with Gasteiger partial charge in [-0.15, -0.1) is 5.10 Å². The van der Waals surface area contributed by atoms with Gasteiger partial charge in [0.2, 0.25) is 0 Å². The molecule has 0 spiro atoms. The van der Waals surface area contributed by atoms with Gasteiger partial charge in [-0.2, -0.15) is 13.2 Å². The first-order chi connectivity index (χ1) is 9.81. The smallest absolute Gasteiger partial charge is 0.271 e. The second-order valence-electron chi connectivity index (χ2n) is 4.54. The molecule has 9 heteroatoms. The summed E-state index contributed by atoms with van der Waals surface area (Å²) < 4.78 is 53.3. The van der Waals surface area contributed by atoms with Crippen LogP contribution in [0, 0.1) is 5.82 Å². The maximum Gasteiger partial charge on any atom is 0.416 e. The molecule has 0 aliphatic heterocycles. The van der Waals surface area contributed by atoms with Crippen LogP contribution >= 0.6 is 0 Å². The van der Waals surface area contributed by atoms with Crippen molar-refractivity contribution in [1.29, 1.82) is 0 Å². The summed E-state index contributed by atoms with van der Waals surface area (Å²) in [5.41, 5.74) is 1.69. The van der Waals surface area contributed by atoms with Crippen molar-refractivity contribution in [2.75, 3.05) is 0 Å². The Balaban J connectivity index is 2.33. The minimum atomic E-state index is -4.55. The van der Waals surface area contributed by atoms with Crippen molar-refractivity contribution in [2.24, 2.45) is 12.9 Å². The van der Waals surface area contributed by atoms with Crippen LogP contribution in [0.4, 0.5) is 17.6 Å². The Hall–Kier alpha value is -2.00. The van der Waals surface area contributed by atoms with Crippen molar-refractivity contribution in [1.82, 2.24) is 20.4 Å². The van der Waals surface area contributed by atoms with Crippen LogP contribution in [0.15, 0.2) is 24.4 Å². The average Bonchev–Trinajstić information content (AvgIpc) is 2.81. The van der Waals surface area contributed by atoms with Gasteiger partial charge in [-0.25, -0.2) is 4.39 Å². The lowest BCUT2D eigenvalue weighted by Crippen LogP contribution is -2.30. The number of hydrazine groups is 1. The van der Waals surface area contributed by atoms with E-state index in [0.29, 0.717) is 11.8 Å². The summed E-state index contributed by atoms with van der Waals surface area (Å²) in [6.07, 6.45) is -2.85. The molecule has 1 unspecified atom stereocenters. The summed E-state index contributed by atoms with van der Waals surface area (Å²) in [5.74, 6) is 4.57. The normalized spacial score (nSPS) is 13.4. The molecule has 0 saturated heterocycles. The van der Waals surface area contributed by atoms with Crippen LogP contribution in [-0.2, 0) is 19.6 Å². The van der Waals surface area contributed by atoms with Crippen LogP contribution in [0.5, 0.6) is 0 Å². The molecule has 114 valence electrons. The Kier molecular flexibility index (Phi) is 4.24. The van der Waals surface area contributed by atoms with E-state index in [2.05, 4.69) is 15.7 Å². The third-order valence-electron chi connectivity index (χ3n) is 2.96. The summed E-state index contributed by atoms with van der Waals surface area (Å²) in [6.45, 7) is 0. The molecule has 3 N–H and O–H groups in total. The predicted octanol–water partition coefficient (Wildman–Crippen LogP) is 1.72. The molecule has 1 aromatic carbocycles. The van der Waals surface area contributed by atoms with Crippen molar-refractivity contribution in [3.63, 3.8) is 0 Å². The topological polar surface area (TPSA) is 68.8 Å². The third kappa shape index (κ3) is 3.56. The maximum atomic E-state index is 13.8. The van der Waals surface area contributed by atoms with E-state index in [0.717, 1.165) is 12.1 Å². The van der Waals surface area contributed by atoms with E-state index in [1.807, 2.05) is 0 Å². The molecule has 0 aliphatic rings. The van der Waals surface area contributed by atoms with Crippen molar-refractivity contribution in [3.8, 4) is 0 Å². The minimum Gasteiger partial charge on any atom is -0.271 e. The molecule has 0 aliphatic carbocycles. The first-order valence-corrected chi connectivity index (χ1v) is 5.99. The molecule has 1 aromatic heterocycles. The van der Waals surface area contributed by atoms with Crippen molar-refractivity contribution >= 4 is 0 Å². The molecular weight excluding hydrogens is 290 g/mol. The molecular formula is C12H13F4N5. The van der Waals surface area contributed by atoms with Gasteiger partial charge < -0.3 is 0 Å². The molecule has 0 radical (unpaired) electrons. The number of nitrogens with zero attached hydrogens (tertiary/aromatic N) is 3. The number of hydrogen-bond donors (Lipinski definition) is 2. The average molecular weight is 303 g/mol. The largest absolute Gasteiger partial charge is 0.416 e. The first-order valence-electron chi connectivity index (χ1n) is 5.99. The van der Waals surface area contributed by atoms with Crippen LogP contribution in [0.3, 0.4) is 0 Å². The fraction of sp³-hybridized carbons (Fsp3) is 0.333. The standard InChI is InChI=1S/C12H13F4N5/c1-21-6-8(19-20-21)5-11(18-17)9-4-7(12(14,15)16)2-3-10(9)13/h2-4,6,11,18H,5,17H2,1H3. The molecule has 21 heavy (non-hydrogen) atoms. The first kappa shape index (κ1) is 15.4. The van der Waals surface area contributed by atoms with Gasteiger partial charge in [0.15, 0.2) is 0 Å². The zero-order chi connectivity index (χ0) is 15.6. The van der Waals surface area contributed by atoms with E-state index in [9.17, 15) is 17.6 Å². The van der Waals surface area contributed by atoms with E-state index < -0.39 is 23.6 Å². The van der Waals surface area contributed by atoms with Crippen LogP contribution < -0.4 is 11.3 Å². The van der Waals surface area contributed by atoms with Crippen LogP contribution in [0.2, 0.25) is 0 Å². The van der Waals surface area contributed by atoms with Crippen molar-refractivity contribution < 1.29 is 17.6 Å². The number of alkyl halides is 3. The van der Waals surface area contributed by atoms with Crippen molar-refractivity contribution in [3.05, 3.63) is 47.0 Å². The second kappa shape index (κ2) is 5.78. The summed E-state index contributed by atoms with van der Waals surface area (Å²) in [7, 11) is 1.65. The molecule has 0 fully saturated rings. The number of aryl methyl sites for hydroxylation is 1. The Labute approximate surface area is 117 Å². The summed E-state index contributed by atoms with van der Waals surface area (Å²) in [4.78, 5) is 0. The highest BCUT2D eigenvalue weighted by Gasteiger charge is 2.32. The number of nitrogens with one attached hydrogen (secondary N) is 1. The van der Waals surface area contributed by atoms with Crippen molar-refractivity contribution in [2.45, 2.75) is 18.6 Å². The Morgan fingerprint density at radius 3 is 2.62 bits per heavy atom. The molecule has 0 saturated carbocycles. The van der Waals surface area contributed by atoms with Gasteiger partial charge in [0.1, 0.15) is 5.82 Å². The number of hydrogen-bond acceptors (Lipinski definition) is 4. The van der Waals surface area contributed by atoms with Gasteiger partial charge in [-0.1, -0.05) is 5.21 Å². The lowest BCUT2D eigenvalue weighted by atomic mass is 9.99. The van der Waals surface area contributed by atoms with Gasteiger partial charge in [0.05, 0.1) is 17.3 Å². The molecule has 5 nitrogen and oxygen atoms in total. The van der Waals surface area contributed by atoms with E-state index >= 15 is 0 Å². The van der Waals surface area contributed by atoms with E-state index in [4.69, 9.17) is 5.84 Å². The number of halogens is 4. The van der Waals surface area contributed by atoms with E-state index in [-0.39, 0.29) is 12.0 Å². The lowest BCUT2D eigenvalue weighted by molar-refractivity contribution is -0.137. The maximum absolute atomic E-state index is 13.8. The van der Waals surface area contributed by atoms with Gasteiger partial charge in [0.25, 0.3) is 0 Å². The monoisotopic (exact) mass is 303 g/mol. The van der Waals surface area contributed by atoms with Crippen LogP contribution in [-0.4, -0.2) is 15.0 Å². The second-order valence-corrected chi connectivity index (χ2v) is 4.54. The highest BCUT2D eigenvalue weighted by molar-refractivity contribution is 5.30. The van der Waals surface area contributed by atoms with Gasteiger partial charge >= 0.3 is 6.18 Å². The number of benzene rings is 1. The zero-order valence-corrected chi connectivity index (χ0v) is 11.0. The van der Waals surface area contributed by atoms with Gasteiger partial charge in [-0.3, -0.25) is 16.0 Å². The fourth-order valence-electron chi connectivity index (χ4n) is 1.94. The number of rotatable bonds is 4. The highest BCUT2D eigenvalue weighted by atomic mass is 19.4. The predicted molar refractivity (Wildman–Crippen MR) is 66.2 cm³/mol. The Bertz CT molecular complexity index is 622. The summed E-state index contributed by atoms with van der Waals surface area (Å²) in [6, 6.07) is 1.37. The Morgan fingerprint density at radius 1 is 1.38 bits per heavy atom. The molecule has 2 rings (SSSR count). The summed E-state index contributed by atoms with van der Waals surface area (Å²) in [5, 5.41) is 7.50. The fourth-order valence-corrected chi connectivity index (χ4v) is 1.94.